The van der Waals surface area contributed by atoms with Gasteiger partial charge in [-0.15, -0.1) is 0 Å². The van der Waals surface area contributed by atoms with Crippen LogP contribution in [0, 0.1) is 0 Å². The molecule has 0 fully saturated rings. The zero-order valence-corrected chi connectivity index (χ0v) is 6.41. The van der Waals surface area contributed by atoms with E-state index in [2.05, 4.69) is 4.99 Å². The second kappa shape index (κ2) is 5.16. The minimum atomic E-state index is -4.37. The van der Waals surface area contributed by atoms with Crippen molar-refractivity contribution in [2.24, 2.45) is 4.99 Å². The molecule has 0 heterocycles. The Kier molecular flexibility index (Phi) is 4.90. The number of unbranched alkanes of at least 4 members (excludes halogenated alkanes) is 2. The maximum absolute atomic E-state index is 11.4. The van der Waals surface area contributed by atoms with Crippen LogP contribution in [0.1, 0.15) is 26.2 Å². The molecule has 0 spiro atoms. The van der Waals surface area contributed by atoms with E-state index in [4.69, 9.17) is 0 Å². The van der Waals surface area contributed by atoms with Crippen LogP contribution in [0.5, 0.6) is 0 Å². The van der Waals surface area contributed by atoms with E-state index in [0.717, 1.165) is 19.1 Å². The van der Waals surface area contributed by atoms with E-state index < -0.39 is 6.18 Å². The van der Waals surface area contributed by atoms with Crippen molar-refractivity contribution in [1.29, 1.82) is 0 Å². The SMILES string of the molecule is CCCCC/N=[C]\C(F)(F)F. The van der Waals surface area contributed by atoms with Gasteiger partial charge in [-0.05, 0) is 6.42 Å². The second-order valence-corrected chi connectivity index (χ2v) is 2.20. The molecule has 0 aliphatic heterocycles. The van der Waals surface area contributed by atoms with Crippen LogP contribution < -0.4 is 0 Å². The van der Waals surface area contributed by atoms with Crippen LogP contribution in [0.2, 0.25) is 0 Å². The predicted molar refractivity (Wildman–Crippen MR) is 37.9 cm³/mol. The fourth-order valence-corrected chi connectivity index (χ4v) is 0.586. The van der Waals surface area contributed by atoms with Gasteiger partial charge in [0.25, 0.3) is 0 Å². The van der Waals surface area contributed by atoms with Gasteiger partial charge in [0.05, 0.1) is 0 Å². The molecule has 11 heavy (non-hydrogen) atoms. The summed E-state index contributed by atoms with van der Waals surface area (Å²) < 4.78 is 34.1. The first-order chi connectivity index (χ1) is 5.06. The van der Waals surface area contributed by atoms with Crippen LogP contribution in [-0.4, -0.2) is 18.9 Å². The first-order valence-corrected chi connectivity index (χ1v) is 3.56. The number of hydrogen-bond donors (Lipinski definition) is 0. The monoisotopic (exact) mass is 166 g/mol. The molecule has 0 amide bonds. The van der Waals surface area contributed by atoms with Crippen molar-refractivity contribution in [2.75, 3.05) is 6.54 Å². The Morgan fingerprint density at radius 3 is 2.36 bits per heavy atom. The van der Waals surface area contributed by atoms with Gasteiger partial charge >= 0.3 is 6.18 Å². The lowest BCUT2D eigenvalue weighted by molar-refractivity contribution is -0.0537. The van der Waals surface area contributed by atoms with Crippen LogP contribution in [-0.2, 0) is 0 Å². The summed E-state index contributed by atoms with van der Waals surface area (Å²) in [6, 6.07) is 0. The number of rotatable bonds is 4. The minimum absolute atomic E-state index is 0.230. The van der Waals surface area contributed by atoms with Crippen LogP contribution in [0.4, 0.5) is 13.2 Å². The molecule has 65 valence electrons. The van der Waals surface area contributed by atoms with Crippen LogP contribution in [0.25, 0.3) is 0 Å². The quantitative estimate of drug-likeness (QED) is 0.449. The molecule has 0 saturated heterocycles. The Morgan fingerprint density at radius 1 is 1.27 bits per heavy atom. The van der Waals surface area contributed by atoms with Gasteiger partial charge in [-0.1, -0.05) is 19.8 Å². The number of nitrogens with zero attached hydrogens (tertiary/aromatic N) is 1. The number of aliphatic imine (C=N–C) groups is 1. The van der Waals surface area contributed by atoms with Crippen molar-refractivity contribution in [3.8, 4) is 0 Å². The smallest absolute Gasteiger partial charge is 0.279 e. The van der Waals surface area contributed by atoms with E-state index in [9.17, 15) is 13.2 Å². The van der Waals surface area contributed by atoms with Crippen molar-refractivity contribution in [3.05, 3.63) is 0 Å². The molecular weight excluding hydrogens is 155 g/mol. The van der Waals surface area contributed by atoms with Gasteiger partial charge in [0.1, 0.15) is 0 Å². The molecule has 0 rings (SSSR count). The highest BCUT2D eigenvalue weighted by Crippen LogP contribution is 2.10. The lowest BCUT2D eigenvalue weighted by Gasteiger charge is -1.95. The van der Waals surface area contributed by atoms with E-state index in [1.165, 1.54) is 0 Å². The number of alkyl halides is 3. The minimum Gasteiger partial charge on any atom is -0.279 e. The van der Waals surface area contributed by atoms with Crippen molar-refractivity contribution < 1.29 is 13.2 Å². The third kappa shape index (κ3) is 9.46. The summed E-state index contributed by atoms with van der Waals surface area (Å²) in [6.07, 6.45) is -0.648. The summed E-state index contributed by atoms with van der Waals surface area (Å²) in [4.78, 5) is 3.11. The molecule has 0 unspecified atom stereocenters. The molecule has 0 aromatic carbocycles. The maximum atomic E-state index is 11.4. The van der Waals surface area contributed by atoms with Crippen LogP contribution in [0.3, 0.4) is 0 Å². The first-order valence-electron chi connectivity index (χ1n) is 3.56. The summed E-state index contributed by atoms with van der Waals surface area (Å²) in [7, 11) is 0. The zero-order valence-electron chi connectivity index (χ0n) is 6.41. The van der Waals surface area contributed by atoms with Gasteiger partial charge in [0.2, 0.25) is 0 Å². The molecule has 1 radical (unpaired) electrons. The van der Waals surface area contributed by atoms with E-state index in [1.807, 2.05) is 6.92 Å². The van der Waals surface area contributed by atoms with E-state index >= 15 is 0 Å². The second-order valence-electron chi connectivity index (χ2n) is 2.20. The van der Waals surface area contributed by atoms with Gasteiger partial charge < -0.3 is 0 Å². The largest absolute Gasteiger partial charge is 0.435 e. The highest BCUT2D eigenvalue weighted by molar-refractivity contribution is 5.63. The molecule has 1 nitrogen and oxygen atoms in total. The van der Waals surface area contributed by atoms with Gasteiger partial charge in [0, 0.05) is 6.54 Å². The predicted octanol–water partition coefficient (Wildman–Crippen LogP) is 2.69. The number of hydrogen-bond acceptors (Lipinski definition) is 1. The third-order valence-electron chi connectivity index (χ3n) is 1.08. The Hall–Kier alpha value is -0.540. The molecule has 0 aromatic heterocycles. The zero-order chi connectivity index (χ0) is 8.74. The standard InChI is InChI=1S/C7H11F3N/c1-2-3-4-5-11-6-7(8,9)10/h2-5H2,1H3. The van der Waals surface area contributed by atoms with Crippen molar-refractivity contribution >= 4 is 6.21 Å². The average Bonchev–Trinajstić information content (AvgIpc) is 1.85. The Balaban J connectivity index is 3.30. The van der Waals surface area contributed by atoms with Crippen molar-refractivity contribution in [1.82, 2.24) is 0 Å². The Bertz CT molecular complexity index is 117. The molecule has 0 aliphatic carbocycles. The molecular formula is C7H11F3N. The molecule has 0 aliphatic rings. The molecule has 0 aromatic rings. The summed E-state index contributed by atoms with van der Waals surface area (Å²) in [5, 5.41) is 0. The van der Waals surface area contributed by atoms with Gasteiger partial charge in [-0.25, -0.2) is 0 Å². The summed E-state index contributed by atoms with van der Waals surface area (Å²) >= 11 is 0. The van der Waals surface area contributed by atoms with Gasteiger partial charge in [-0.2, -0.15) is 13.2 Å². The molecule has 4 heteroatoms. The lowest BCUT2D eigenvalue weighted by Crippen LogP contribution is -2.08. The maximum Gasteiger partial charge on any atom is 0.435 e. The Labute approximate surface area is 64.3 Å². The molecule has 0 N–H and O–H groups in total. The third-order valence-corrected chi connectivity index (χ3v) is 1.08. The first kappa shape index (κ1) is 10.5. The van der Waals surface area contributed by atoms with E-state index in [1.54, 1.807) is 0 Å². The molecule has 0 atom stereocenters. The summed E-state index contributed by atoms with van der Waals surface area (Å²) in [6.45, 7) is 2.21. The van der Waals surface area contributed by atoms with Crippen molar-refractivity contribution in [3.63, 3.8) is 0 Å². The van der Waals surface area contributed by atoms with Crippen molar-refractivity contribution in [2.45, 2.75) is 32.4 Å². The van der Waals surface area contributed by atoms with E-state index in [-0.39, 0.29) is 6.54 Å². The topological polar surface area (TPSA) is 12.4 Å². The molecule has 0 saturated carbocycles. The molecule has 0 bridgehead atoms. The average molecular weight is 166 g/mol. The lowest BCUT2D eigenvalue weighted by atomic mass is 10.2. The summed E-state index contributed by atoms with van der Waals surface area (Å²) in [5.74, 6) is 0. The van der Waals surface area contributed by atoms with Gasteiger partial charge in [0.15, 0.2) is 6.21 Å². The van der Waals surface area contributed by atoms with Crippen LogP contribution >= 0.6 is 0 Å². The highest BCUT2D eigenvalue weighted by atomic mass is 19.4. The fraction of sp³-hybridized carbons (Fsp3) is 0.857. The summed E-state index contributed by atoms with van der Waals surface area (Å²) in [5.41, 5.74) is 0. The van der Waals surface area contributed by atoms with Crippen LogP contribution in [0.15, 0.2) is 4.99 Å². The highest BCUT2D eigenvalue weighted by Gasteiger charge is 2.24. The fourth-order valence-electron chi connectivity index (χ4n) is 0.586. The number of halogens is 3. The van der Waals surface area contributed by atoms with E-state index in [0.29, 0.717) is 6.42 Å². The van der Waals surface area contributed by atoms with Gasteiger partial charge in [-0.3, -0.25) is 4.99 Å². The normalized spacial score (nSPS) is 12.7. The Morgan fingerprint density at radius 2 is 1.91 bits per heavy atom.